The van der Waals surface area contributed by atoms with Gasteiger partial charge in [-0.05, 0) is 31.4 Å². The maximum absolute atomic E-state index is 10.2. The van der Waals surface area contributed by atoms with Crippen LogP contribution < -0.4 is 11.1 Å². The third-order valence-corrected chi connectivity index (χ3v) is 2.73. The Bertz CT molecular complexity index is 447. The first kappa shape index (κ1) is 14.3. The molecule has 0 saturated carbocycles. The normalized spacial score (nSPS) is 14.0. The minimum absolute atomic E-state index is 0.407. The highest BCUT2D eigenvalue weighted by Gasteiger charge is 2.21. The van der Waals surface area contributed by atoms with Gasteiger partial charge in [0.25, 0.3) is 0 Å². The molecule has 0 fully saturated rings. The second-order valence-corrected chi connectivity index (χ2v) is 5.33. The van der Waals surface area contributed by atoms with Crippen LogP contribution in [0.15, 0.2) is 18.2 Å². The number of benzene rings is 1. The number of para-hydroxylation sites is 1. The van der Waals surface area contributed by atoms with Crippen LogP contribution in [-0.2, 0) is 0 Å². The number of hydrogen-bond donors (Lipinski definition) is 3. The van der Waals surface area contributed by atoms with Crippen molar-refractivity contribution in [2.45, 2.75) is 32.8 Å². The number of nitriles is 1. The molecule has 98 valence electrons. The Kier molecular flexibility index (Phi) is 4.57. The maximum atomic E-state index is 10.2. The number of aliphatic hydroxyl groups is 1. The second kappa shape index (κ2) is 5.74. The lowest BCUT2D eigenvalue weighted by Gasteiger charge is -2.26. The van der Waals surface area contributed by atoms with Gasteiger partial charge >= 0.3 is 0 Å². The topological polar surface area (TPSA) is 82.1 Å². The van der Waals surface area contributed by atoms with Gasteiger partial charge in [-0.15, -0.1) is 0 Å². The fourth-order valence-corrected chi connectivity index (χ4v) is 2.05. The van der Waals surface area contributed by atoms with Gasteiger partial charge in [-0.2, -0.15) is 5.26 Å². The van der Waals surface area contributed by atoms with E-state index in [4.69, 9.17) is 11.0 Å². The van der Waals surface area contributed by atoms with E-state index >= 15 is 0 Å². The van der Waals surface area contributed by atoms with Crippen LogP contribution in [0.4, 0.5) is 11.4 Å². The second-order valence-electron chi connectivity index (χ2n) is 5.33. The summed E-state index contributed by atoms with van der Waals surface area (Å²) in [5, 5.41) is 22.2. The molecule has 0 spiro atoms. The quantitative estimate of drug-likeness (QED) is 0.697. The number of nitrogen functional groups attached to an aromatic ring is 1. The number of hydrogen-bond acceptors (Lipinski definition) is 4. The highest BCUT2D eigenvalue weighted by Crippen LogP contribution is 2.24. The molecule has 0 aliphatic heterocycles. The van der Waals surface area contributed by atoms with Crippen LogP contribution in [0.1, 0.15) is 32.8 Å². The number of nitrogens with zero attached hydrogens (tertiary/aromatic N) is 1. The summed E-state index contributed by atoms with van der Waals surface area (Å²) in [5.74, 6) is 0.421. The Morgan fingerprint density at radius 3 is 2.72 bits per heavy atom. The molecule has 0 aromatic heterocycles. The largest absolute Gasteiger partial charge is 0.396 e. The highest BCUT2D eigenvalue weighted by atomic mass is 16.3. The van der Waals surface area contributed by atoms with E-state index in [2.05, 4.69) is 19.2 Å². The molecule has 0 heterocycles. The molecule has 4 nitrogen and oxygen atoms in total. The van der Waals surface area contributed by atoms with E-state index in [0.29, 0.717) is 35.8 Å². The van der Waals surface area contributed by atoms with Crippen molar-refractivity contribution < 1.29 is 5.11 Å². The van der Waals surface area contributed by atoms with Gasteiger partial charge in [0, 0.05) is 6.54 Å². The van der Waals surface area contributed by atoms with E-state index in [9.17, 15) is 5.11 Å². The summed E-state index contributed by atoms with van der Waals surface area (Å²) in [4.78, 5) is 0. The number of nitrogens with two attached hydrogens (primary N) is 1. The lowest BCUT2D eigenvalue weighted by molar-refractivity contribution is 0.0516. The van der Waals surface area contributed by atoms with E-state index in [-0.39, 0.29) is 0 Å². The molecule has 1 rings (SSSR count). The molecule has 4 heteroatoms. The number of anilines is 2. The van der Waals surface area contributed by atoms with Crippen LogP contribution in [0.2, 0.25) is 0 Å². The molecule has 0 aliphatic carbocycles. The van der Waals surface area contributed by atoms with Gasteiger partial charge in [-0.3, -0.25) is 0 Å². The third-order valence-electron chi connectivity index (χ3n) is 2.73. The van der Waals surface area contributed by atoms with Crippen LogP contribution in [-0.4, -0.2) is 17.3 Å². The standard InChI is InChI=1S/C14H21N3O/c1-10(2)7-14(3,18)9-17-12-6-4-5-11(8-15)13(12)16/h4-6,10,17-18H,7,9,16H2,1-3H3. The zero-order valence-electron chi connectivity index (χ0n) is 11.2. The first-order valence-corrected chi connectivity index (χ1v) is 6.10. The molecule has 1 atom stereocenters. The van der Waals surface area contributed by atoms with Crippen molar-refractivity contribution in [2.24, 2.45) is 5.92 Å². The molecule has 0 bridgehead atoms. The fourth-order valence-electron chi connectivity index (χ4n) is 2.05. The molecule has 0 amide bonds. The van der Waals surface area contributed by atoms with Gasteiger partial charge < -0.3 is 16.2 Å². The van der Waals surface area contributed by atoms with Gasteiger partial charge in [-0.1, -0.05) is 19.9 Å². The Morgan fingerprint density at radius 2 is 2.17 bits per heavy atom. The lowest BCUT2D eigenvalue weighted by atomic mass is 9.94. The van der Waals surface area contributed by atoms with Crippen LogP contribution in [0.25, 0.3) is 0 Å². The predicted molar refractivity (Wildman–Crippen MR) is 74.1 cm³/mol. The van der Waals surface area contributed by atoms with Crippen LogP contribution in [0.5, 0.6) is 0 Å². The molecule has 0 saturated heterocycles. The Balaban J connectivity index is 2.73. The fraction of sp³-hybridized carbons (Fsp3) is 0.500. The number of rotatable bonds is 5. The molecule has 1 unspecified atom stereocenters. The molecule has 0 radical (unpaired) electrons. The van der Waals surface area contributed by atoms with E-state index < -0.39 is 5.60 Å². The summed E-state index contributed by atoms with van der Waals surface area (Å²) in [6, 6.07) is 7.29. The average Bonchev–Trinajstić information content (AvgIpc) is 2.26. The highest BCUT2D eigenvalue weighted by molar-refractivity contribution is 5.72. The first-order valence-electron chi connectivity index (χ1n) is 6.10. The summed E-state index contributed by atoms with van der Waals surface area (Å²) in [7, 11) is 0. The molecular weight excluding hydrogens is 226 g/mol. The Hall–Kier alpha value is -1.73. The zero-order chi connectivity index (χ0) is 13.8. The summed E-state index contributed by atoms with van der Waals surface area (Å²) in [5.41, 5.74) is 6.64. The van der Waals surface area contributed by atoms with Gasteiger partial charge in [0.2, 0.25) is 0 Å². The molecule has 4 N–H and O–H groups in total. The van der Waals surface area contributed by atoms with Crippen molar-refractivity contribution in [1.29, 1.82) is 5.26 Å². The summed E-state index contributed by atoms with van der Waals surface area (Å²) < 4.78 is 0. The van der Waals surface area contributed by atoms with Gasteiger partial charge in [0.1, 0.15) is 6.07 Å². The average molecular weight is 247 g/mol. The SMILES string of the molecule is CC(C)CC(C)(O)CNc1cccc(C#N)c1N. The third kappa shape index (κ3) is 3.94. The summed E-state index contributed by atoms with van der Waals surface area (Å²) in [6.45, 7) is 6.34. The maximum Gasteiger partial charge on any atom is 0.101 e. The summed E-state index contributed by atoms with van der Waals surface area (Å²) in [6.07, 6.45) is 0.706. The van der Waals surface area contributed by atoms with Crippen molar-refractivity contribution in [2.75, 3.05) is 17.6 Å². The lowest BCUT2D eigenvalue weighted by Crippen LogP contribution is -2.35. The number of nitrogens with one attached hydrogen (secondary N) is 1. The monoisotopic (exact) mass is 247 g/mol. The Labute approximate surface area is 108 Å². The van der Waals surface area contributed by atoms with Crippen LogP contribution in [0, 0.1) is 17.2 Å². The summed E-state index contributed by atoms with van der Waals surface area (Å²) >= 11 is 0. The van der Waals surface area contributed by atoms with E-state index in [0.717, 1.165) is 0 Å². The van der Waals surface area contributed by atoms with E-state index in [1.807, 2.05) is 12.1 Å². The predicted octanol–water partition coefficient (Wildman–Crippen LogP) is 2.35. The van der Waals surface area contributed by atoms with Crippen molar-refractivity contribution in [3.8, 4) is 6.07 Å². The Morgan fingerprint density at radius 1 is 1.50 bits per heavy atom. The van der Waals surface area contributed by atoms with Crippen molar-refractivity contribution in [1.82, 2.24) is 0 Å². The molecule has 0 aliphatic rings. The minimum atomic E-state index is -0.788. The van der Waals surface area contributed by atoms with Crippen molar-refractivity contribution in [3.63, 3.8) is 0 Å². The minimum Gasteiger partial charge on any atom is -0.396 e. The van der Waals surface area contributed by atoms with E-state index in [1.54, 1.807) is 19.1 Å². The van der Waals surface area contributed by atoms with E-state index in [1.165, 1.54) is 0 Å². The molecule has 1 aromatic rings. The van der Waals surface area contributed by atoms with Gasteiger partial charge in [-0.25, -0.2) is 0 Å². The first-order chi connectivity index (χ1) is 8.35. The molecular formula is C14H21N3O. The van der Waals surface area contributed by atoms with Gasteiger partial charge in [0.15, 0.2) is 0 Å². The van der Waals surface area contributed by atoms with Crippen LogP contribution in [0.3, 0.4) is 0 Å². The molecule has 18 heavy (non-hydrogen) atoms. The van der Waals surface area contributed by atoms with Crippen molar-refractivity contribution in [3.05, 3.63) is 23.8 Å². The zero-order valence-corrected chi connectivity index (χ0v) is 11.2. The molecule has 1 aromatic carbocycles. The smallest absolute Gasteiger partial charge is 0.101 e. The van der Waals surface area contributed by atoms with Crippen LogP contribution >= 0.6 is 0 Å². The van der Waals surface area contributed by atoms with Crippen molar-refractivity contribution >= 4 is 11.4 Å². The van der Waals surface area contributed by atoms with Gasteiger partial charge in [0.05, 0.1) is 22.5 Å².